The summed E-state index contributed by atoms with van der Waals surface area (Å²) in [7, 11) is 0. The molecule has 0 aliphatic rings. The maximum atomic E-state index is 12.6. The SMILES string of the molecule is FC(F)(F)c1cc[c]n1-c1ncccc1Cl. The number of rotatable bonds is 1. The smallest absolute Gasteiger partial charge is 0.287 e. The zero-order chi connectivity index (χ0) is 11.8. The maximum Gasteiger partial charge on any atom is 0.431 e. The lowest BCUT2D eigenvalue weighted by atomic mass is 10.4. The minimum absolute atomic E-state index is 0.0153. The second-order valence-corrected chi connectivity index (χ2v) is 3.40. The quantitative estimate of drug-likeness (QED) is 0.753. The molecule has 0 fully saturated rings. The summed E-state index contributed by atoms with van der Waals surface area (Å²) in [4.78, 5) is 3.79. The van der Waals surface area contributed by atoms with Crippen LogP contribution in [0.25, 0.3) is 5.82 Å². The third kappa shape index (κ3) is 1.90. The fraction of sp³-hybridized carbons (Fsp3) is 0.100. The van der Waals surface area contributed by atoms with E-state index >= 15 is 0 Å². The number of pyridine rings is 1. The van der Waals surface area contributed by atoms with Crippen molar-refractivity contribution in [2.45, 2.75) is 6.18 Å². The molecule has 0 atom stereocenters. The van der Waals surface area contributed by atoms with Gasteiger partial charge < -0.3 is 0 Å². The van der Waals surface area contributed by atoms with Gasteiger partial charge in [0.25, 0.3) is 0 Å². The number of nitrogens with zero attached hydrogens (tertiary/aromatic N) is 2. The molecular weight excluding hydrogens is 241 g/mol. The van der Waals surface area contributed by atoms with Gasteiger partial charge in [-0.1, -0.05) is 11.6 Å². The molecule has 16 heavy (non-hydrogen) atoms. The molecule has 2 heterocycles. The van der Waals surface area contributed by atoms with Gasteiger partial charge in [-0.3, -0.25) is 4.57 Å². The Kier molecular flexibility index (Phi) is 2.63. The molecule has 2 aromatic rings. The van der Waals surface area contributed by atoms with Gasteiger partial charge in [0.1, 0.15) is 5.69 Å². The fourth-order valence-corrected chi connectivity index (χ4v) is 1.48. The van der Waals surface area contributed by atoms with Crippen LogP contribution in [-0.2, 0) is 6.18 Å². The summed E-state index contributed by atoms with van der Waals surface area (Å²) in [6.45, 7) is 0. The highest BCUT2D eigenvalue weighted by Gasteiger charge is 2.34. The van der Waals surface area contributed by atoms with Crippen LogP contribution in [0, 0.1) is 6.20 Å². The molecular formula is C10H5ClF3N2. The highest BCUT2D eigenvalue weighted by atomic mass is 35.5. The monoisotopic (exact) mass is 245 g/mol. The van der Waals surface area contributed by atoms with E-state index in [0.29, 0.717) is 0 Å². The second-order valence-electron chi connectivity index (χ2n) is 2.99. The Morgan fingerprint density at radius 3 is 2.69 bits per heavy atom. The van der Waals surface area contributed by atoms with Crippen molar-refractivity contribution in [2.24, 2.45) is 0 Å². The summed E-state index contributed by atoms with van der Waals surface area (Å²) in [5.74, 6) is 0.0153. The van der Waals surface area contributed by atoms with Crippen LogP contribution < -0.4 is 0 Å². The lowest BCUT2D eigenvalue weighted by Gasteiger charge is -2.11. The van der Waals surface area contributed by atoms with Crippen molar-refractivity contribution in [2.75, 3.05) is 0 Å². The van der Waals surface area contributed by atoms with Crippen LogP contribution >= 0.6 is 11.6 Å². The van der Waals surface area contributed by atoms with Crippen LogP contribution in [0.15, 0.2) is 30.5 Å². The highest BCUT2D eigenvalue weighted by molar-refractivity contribution is 6.32. The van der Waals surface area contributed by atoms with E-state index in [0.717, 1.165) is 10.6 Å². The van der Waals surface area contributed by atoms with E-state index in [1.165, 1.54) is 18.3 Å². The van der Waals surface area contributed by atoms with Crippen LogP contribution in [0.4, 0.5) is 13.2 Å². The average Bonchev–Trinajstić information content (AvgIpc) is 2.66. The van der Waals surface area contributed by atoms with E-state index < -0.39 is 11.9 Å². The van der Waals surface area contributed by atoms with E-state index in [4.69, 9.17) is 11.6 Å². The van der Waals surface area contributed by atoms with E-state index in [9.17, 15) is 13.2 Å². The topological polar surface area (TPSA) is 17.8 Å². The summed E-state index contributed by atoms with van der Waals surface area (Å²) in [5.41, 5.74) is -0.854. The van der Waals surface area contributed by atoms with Gasteiger partial charge in [-0.25, -0.2) is 4.98 Å². The first kappa shape index (κ1) is 11.0. The van der Waals surface area contributed by atoms with E-state index in [2.05, 4.69) is 11.2 Å². The molecule has 0 spiro atoms. The first-order valence-electron chi connectivity index (χ1n) is 4.27. The predicted molar refractivity (Wildman–Crippen MR) is 52.4 cm³/mol. The van der Waals surface area contributed by atoms with Crippen LogP contribution in [0.2, 0.25) is 5.02 Å². The molecule has 0 amide bonds. The zero-order valence-electron chi connectivity index (χ0n) is 7.79. The second kappa shape index (κ2) is 3.83. The lowest BCUT2D eigenvalue weighted by Crippen LogP contribution is -2.12. The molecule has 6 heteroatoms. The standard InChI is InChI=1S/C10H5ClF3N2/c11-7-3-1-5-15-9(7)16-6-2-4-8(16)10(12,13)14/h1-5H. The van der Waals surface area contributed by atoms with E-state index in [-0.39, 0.29) is 10.8 Å². The zero-order valence-corrected chi connectivity index (χ0v) is 8.55. The minimum atomic E-state index is -4.46. The Balaban J connectivity index is 2.58. The van der Waals surface area contributed by atoms with Crippen molar-refractivity contribution in [3.05, 3.63) is 47.4 Å². The minimum Gasteiger partial charge on any atom is -0.287 e. The molecule has 1 radical (unpaired) electrons. The molecule has 0 aliphatic heterocycles. The summed E-state index contributed by atoms with van der Waals surface area (Å²) >= 11 is 5.77. The van der Waals surface area contributed by atoms with Gasteiger partial charge in [0.2, 0.25) is 0 Å². The van der Waals surface area contributed by atoms with Gasteiger partial charge >= 0.3 is 6.18 Å². The first-order chi connectivity index (χ1) is 7.50. The molecule has 0 aliphatic carbocycles. The van der Waals surface area contributed by atoms with E-state index in [1.54, 1.807) is 6.07 Å². The largest absolute Gasteiger partial charge is 0.431 e. The number of hydrogen-bond donors (Lipinski definition) is 0. The van der Waals surface area contributed by atoms with Crippen LogP contribution in [0.3, 0.4) is 0 Å². The summed E-state index contributed by atoms with van der Waals surface area (Å²) in [6, 6.07) is 5.11. The molecule has 0 saturated carbocycles. The van der Waals surface area contributed by atoms with Gasteiger partial charge in [0, 0.05) is 6.20 Å². The van der Waals surface area contributed by atoms with Crippen LogP contribution in [0.5, 0.6) is 0 Å². The summed E-state index contributed by atoms with van der Waals surface area (Å²) in [6.07, 6.45) is -0.668. The van der Waals surface area contributed by atoms with E-state index in [1.807, 2.05) is 0 Å². The first-order valence-corrected chi connectivity index (χ1v) is 4.65. The average molecular weight is 246 g/mol. The predicted octanol–water partition coefficient (Wildman–Crippen LogP) is 3.34. The molecule has 0 bridgehead atoms. The number of halogens is 4. The Labute approximate surface area is 94.3 Å². The van der Waals surface area contributed by atoms with Crippen molar-refractivity contribution in [1.82, 2.24) is 9.55 Å². The molecule has 2 aromatic heterocycles. The number of aromatic nitrogens is 2. The van der Waals surface area contributed by atoms with Gasteiger partial charge in [-0.05, 0) is 24.3 Å². The molecule has 0 saturated heterocycles. The maximum absolute atomic E-state index is 12.6. The summed E-state index contributed by atoms with van der Waals surface area (Å²) < 4.78 is 38.6. The van der Waals surface area contributed by atoms with Crippen LogP contribution in [-0.4, -0.2) is 9.55 Å². The van der Waals surface area contributed by atoms with Crippen molar-refractivity contribution in [1.29, 1.82) is 0 Å². The fourth-order valence-electron chi connectivity index (χ4n) is 1.27. The Hall–Kier alpha value is -1.49. The Bertz CT molecular complexity index is 505. The molecule has 83 valence electrons. The Morgan fingerprint density at radius 1 is 1.31 bits per heavy atom. The van der Waals surface area contributed by atoms with Gasteiger partial charge in [0.05, 0.1) is 11.2 Å². The third-order valence-corrected chi connectivity index (χ3v) is 2.22. The Morgan fingerprint density at radius 2 is 2.06 bits per heavy atom. The van der Waals surface area contributed by atoms with Gasteiger partial charge in [-0.2, -0.15) is 13.2 Å². The summed E-state index contributed by atoms with van der Waals surface area (Å²) in [5, 5.41) is 0.139. The number of alkyl halides is 3. The van der Waals surface area contributed by atoms with Crippen LogP contribution in [0.1, 0.15) is 5.69 Å². The molecule has 0 N–H and O–H groups in total. The van der Waals surface area contributed by atoms with Gasteiger partial charge in [-0.15, -0.1) is 0 Å². The molecule has 2 nitrogen and oxygen atoms in total. The van der Waals surface area contributed by atoms with Crippen molar-refractivity contribution >= 4 is 11.6 Å². The normalized spacial score (nSPS) is 11.8. The lowest BCUT2D eigenvalue weighted by molar-refractivity contribution is -0.142. The van der Waals surface area contributed by atoms with Crippen molar-refractivity contribution in [3.63, 3.8) is 0 Å². The third-order valence-electron chi connectivity index (χ3n) is 1.93. The van der Waals surface area contributed by atoms with Crippen molar-refractivity contribution < 1.29 is 13.2 Å². The molecule has 2 rings (SSSR count). The molecule has 0 unspecified atom stereocenters. The van der Waals surface area contributed by atoms with Gasteiger partial charge in [0.15, 0.2) is 5.82 Å². The highest BCUT2D eigenvalue weighted by Crippen LogP contribution is 2.32. The van der Waals surface area contributed by atoms with Crippen molar-refractivity contribution in [3.8, 4) is 5.82 Å². The molecule has 0 aromatic carbocycles. The number of hydrogen-bond acceptors (Lipinski definition) is 1.